The van der Waals surface area contributed by atoms with E-state index < -0.39 is 5.97 Å². The largest absolute Gasteiger partial charge is 0.481 e. The molecule has 0 aromatic heterocycles. The van der Waals surface area contributed by atoms with Gasteiger partial charge in [0.2, 0.25) is 0 Å². The minimum atomic E-state index is -0.751. The highest BCUT2D eigenvalue weighted by Crippen LogP contribution is 2.20. The molecule has 0 radical (unpaired) electrons. The minimum absolute atomic E-state index is 0.000625. The molecule has 1 unspecified atom stereocenters. The average Bonchev–Trinajstić information content (AvgIpc) is 2.36. The van der Waals surface area contributed by atoms with Crippen LogP contribution in [0.1, 0.15) is 46.0 Å². The van der Waals surface area contributed by atoms with Crippen LogP contribution in [0.5, 0.6) is 0 Å². The van der Waals surface area contributed by atoms with E-state index in [0.29, 0.717) is 31.3 Å². The van der Waals surface area contributed by atoms with Crippen LogP contribution in [0.15, 0.2) is 0 Å². The van der Waals surface area contributed by atoms with Crippen molar-refractivity contribution in [2.45, 2.75) is 46.0 Å². The fraction of sp³-hybridized carbons (Fsp3) is 0.857. The average molecular weight is 270 g/mol. The predicted molar refractivity (Wildman–Crippen MR) is 74.0 cm³/mol. The number of likely N-dealkylation sites (tertiary alicyclic amines) is 1. The SMILES string of the molecule is CC(C)CCNC(=O)N1CCCC(CCC(=O)O)C1. The van der Waals surface area contributed by atoms with Crippen molar-refractivity contribution < 1.29 is 14.7 Å². The fourth-order valence-electron chi connectivity index (χ4n) is 2.39. The lowest BCUT2D eigenvalue weighted by molar-refractivity contribution is -0.137. The third kappa shape index (κ3) is 6.45. The van der Waals surface area contributed by atoms with Gasteiger partial charge >= 0.3 is 12.0 Å². The molecule has 0 aliphatic carbocycles. The third-order valence-electron chi connectivity index (χ3n) is 3.57. The molecule has 0 saturated carbocycles. The number of hydrogen-bond acceptors (Lipinski definition) is 2. The maximum absolute atomic E-state index is 12.0. The number of carbonyl (C=O) groups excluding carboxylic acids is 1. The van der Waals surface area contributed by atoms with E-state index in [0.717, 1.165) is 25.8 Å². The molecule has 0 spiro atoms. The summed E-state index contributed by atoms with van der Waals surface area (Å²) in [5.41, 5.74) is 0. The number of rotatable bonds is 6. The number of carboxylic acids is 1. The van der Waals surface area contributed by atoms with Gasteiger partial charge in [-0.05, 0) is 37.5 Å². The van der Waals surface area contributed by atoms with E-state index in [-0.39, 0.29) is 12.5 Å². The number of nitrogens with one attached hydrogen (secondary N) is 1. The van der Waals surface area contributed by atoms with E-state index in [2.05, 4.69) is 19.2 Å². The maximum atomic E-state index is 12.0. The van der Waals surface area contributed by atoms with Gasteiger partial charge in [0.05, 0.1) is 0 Å². The Balaban J connectivity index is 2.28. The molecule has 1 aliphatic rings. The van der Waals surface area contributed by atoms with E-state index in [4.69, 9.17) is 5.11 Å². The zero-order valence-electron chi connectivity index (χ0n) is 12.0. The molecule has 5 nitrogen and oxygen atoms in total. The molecule has 1 aliphatic heterocycles. The van der Waals surface area contributed by atoms with Crippen LogP contribution in [-0.2, 0) is 4.79 Å². The molecular formula is C14H26N2O3. The molecule has 1 atom stereocenters. The summed E-state index contributed by atoms with van der Waals surface area (Å²) in [6, 6.07) is 0.000625. The molecule has 0 bridgehead atoms. The molecule has 2 amide bonds. The van der Waals surface area contributed by atoms with Gasteiger partial charge < -0.3 is 15.3 Å². The zero-order chi connectivity index (χ0) is 14.3. The Morgan fingerprint density at radius 3 is 2.79 bits per heavy atom. The van der Waals surface area contributed by atoms with E-state index >= 15 is 0 Å². The first-order valence-corrected chi connectivity index (χ1v) is 7.23. The summed E-state index contributed by atoms with van der Waals surface area (Å²) < 4.78 is 0. The van der Waals surface area contributed by atoms with Gasteiger partial charge in [-0.1, -0.05) is 13.8 Å². The standard InChI is InChI=1S/C14H26N2O3/c1-11(2)7-8-15-14(19)16-9-3-4-12(10-16)5-6-13(17)18/h11-12H,3-10H2,1-2H3,(H,15,19)(H,17,18). The van der Waals surface area contributed by atoms with Gasteiger partial charge in [-0.15, -0.1) is 0 Å². The molecular weight excluding hydrogens is 244 g/mol. The highest BCUT2D eigenvalue weighted by Gasteiger charge is 2.23. The van der Waals surface area contributed by atoms with Gasteiger partial charge in [0.25, 0.3) is 0 Å². The second kappa shape index (κ2) is 8.02. The highest BCUT2D eigenvalue weighted by atomic mass is 16.4. The Bertz CT molecular complexity index is 305. The van der Waals surface area contributed by atoms with Gasteiger partial charge in [-0.25, -0.2) is 4.79 Å². The Labute approximate surface area is 115 Å². The van der Waals surface area contributed by atoms with Crippen molar-refractivity contribution in [3.63, 3.8) is 0 Å². The highest BCUT2D eigenvalue weighted by molar-refractivity contribution is 5.74. The van der Waals surface area contributed by atoms with Gasteiger partial charge in [-0.3, -0.25) is 4.79 Å². The normalized spacial score (nSPS) is 19.5. The van der Waals surface area contributed by atoms with Crippen LogP contribution in [0, 0.1) is 11.8 Å². The van der Waals surface area contributed by atoms with Crippen LogP contribution in [0.25, 0.3) is 0 Å². The Kier molecular flexibility index (Phi) is 6.67. The van der Waals surface area contributed by atoms with Crippen molar-refractivity contribution in [1.29, 1.82) is 0 Å². The maximum Gasteiger partial charge on any atom is 0.317 e. The number of urea groups is 1. The summed E-state index contributed by atoms with van der Waals surface area (Å²) in [6.07, 6.45) is 3.87. The topological polar surface area (TPSA) is 69.6 Å². The van der Waals surface area contributed by atoms with E-state index in [9.17, 15) is 9.59 Å². The number of carbonyl (C=O) groups is 2. The van der Waals surface area contributed by atoms with Crippen molar-refractivity contribution in [1.82, 2.24) is 10.2 Å². The number of piperidine rings is 1. The molecule has 2 N–H and O–H groups in total. The third-order valence-corrected chi connectivity index (χ3v) is 3.57. The van der Waals surface area contributed by atoms with Crippen LogP contribution < -0.4 is 5.32 Å². The molecule has 1 fully saturated rings. The minimum Gasteiger partial charge on any atom is -0.481 e. The summed E-state index contributed by atoms with van der Waals surface area (Å²) in [5.74, 6) is 0.171. The summed E-state index contributed by atoms with van der Waals surface area (Å²) in [4.78, 5) is 24.4. The molecule has 0 aromatic carbocycles. The second-order valence-electron chi connectivity index (χ2n) is 5.80. The van der Waals surface area contributed by atoms with E-state index in [1.165, 1.54) is 0 Å². The molecule has 110 valence electrons. The molecule has 1 rings (SSSR count). The van der Waals surface area contributed by atoms with Crippen LogP contribution in [0.2, 0.25) is 0 Å². The van der Waals surface area contributed by atoms with Gasteiger partial charge in [0.1, 0.15) is 0 Å². The smallest absolute Gasteiger partial charge is 0.317 e. The second-order valence-corrected chi connectivity index (χ2v) is 5.80. The Hall–Kier alpha value is -1.26. The Morgan fingerprint density at radius 1 is 1.42 bits per heavy atom. The first-order valence-electron chi connectivity index (χ1n) is 7.23. The van der Waals surface area contributed by atoms with Gasteiger partial charge in [0, 0.05) is 26.1 Å². The van der Waals surface area contributed by atoms with Crippen molar-refractivity contribution in [2.24, 2.45) is 11.8 Å². The van der Waals surface area contributed by atoms with Crippen molar-refractivity contribution >= 4 is 12.0 Å². The number of amides is 2. The lowest BCUT2D eigenvalue weighted by Crippen LogP contribution is -2.45. The Morgan fingerprint density at radius 2 is 2.16 bits per heavy atom. The summed E-state index contributed by atoms with van der Waals surface area (Å²) >= 11 is 0. The van der Waals surface area contributed by atoms with Gasteiger partial charge in [0.15, 0.2) is 0 Å². The van der Waals surface area contributed by atoms with Crippen molar-refractivity contribution in [2.75, 3.05) is 19.6 Å². The fourth-order valence-corrected chi connectivity index (χ4v) is 2.39. The van der Waals surface area contributed by atoms with E-state index in [1.54, 1.807) is 0 Å². The number of carboxylic acid groups (broad SMARTS) is 1. The predicted octanol–water partition coefficient (Wildman–Crippen LogP) is 2.32. The van der Waals surface area contributed by atoms with Crippen LogP contribution in [0.3, 0.4) is 0 Å². The first kappa shape index (κ1) is 15.8. The van der Waals surface area contributed by atoms with E-state index in [1.807, 2.05) is 4.90 Å². The number of nitrogens with zero attached hydrogens (tertiary/aromatic N) is 1. The van der Waals surface area contributed by atoms with Gasteiger partial charge in [-0.2, -0.15) is 0 Å². The van der Waals surface area contributed by atoms with Crippen molar-refractivity contribution in [3.8, 4) is 0 Å². The van der Waals surface area contributed by atoms with Crippen molar-refractivity contribution in [3.05, 3.63) is 0 Å². The lowest BCUT2D eigenvalue weighted by Gasteiger charge is -2.32. The van der Waals surface area contributed by atoms with Crippen LogP contribution in [-0.4, -0.2) is 41.6 Å². The monoisotopic (exact) mass is 270 g/mol. The van der Waals surface area contributed by atoms with Crippen LogP contribution >= 0.6 is 0 Å². The van der Waals surface area contributed by atoms with Crippen LogP contribution in [0.4, 0.5) is 4.79 Å². The molecule has 1 saturated heterocycles. The number of aliphatic carboxylic acids is 1. The summed E-state index contributed by atoms with van der Waals surface area (Å²) in [7, 11) is 0. The molecule has 5 heteroatoms. The summed E-state index contributed by atoms with van der Waals surface area (Å²) in [6.45, 7) is 6.47. The lowest BCUT2D eigenvalue weighted by atomic mass is 9.93. The summed E-state index contributed by atoms with van der Waals surface area (Å²) in [5, 5.41) is 11.6. The molecule has 19 heavy (non-hydrogen) atoms. The number of hydrogen-bond donors (Lipinski definition) is 2. The molecule has 0 aromatic rings. The molecule has 1 heterocycles. The quantitative estimate of drug-likeness (QED) is 0.778. The zero-order valence-corrected chi connectivity index (χ0v) is 12.0. The first-order chi connectivity index (χ1) is 8.99.